The van der Waals surface area contributed by atoms with Gasteiger partial charge in [-0.25, -0.2) is 9.78 Å². The first-order valence-corrected chi connectivity index (χ1v) is 5.81. The van der Waals surface area contributed by atoms with Gasteiger partial charge in [0.15, 0.2) is 0 Å². The molecule has 0 bridgehead atoms. The summed E-state index contributed by atoms with van der Waals surface area (Å²) in [5.74, 6) is 0.464. The number of ether oxygens (including phenoxy) is 2. The van der Waals surface area contributed by atoms with Gasteiger partial charge < -0.3 is 9.47 Å². The summed E-state index contributed by atoms with van der Waals surface area (Å²) in [4.78, 5) is 15.6. The van der Waals surface area contributed by atoms with E-state index in [1.165, 1.54) is 7.11 Å². The molecule has 0 aliphatic carbocycles. The molecule has 0 saturated carbocycles. The number of hydrogen-bond acceptors (Lipinski definition) is 4. The predicted molar refractivity (Wildman–Crippen MR) is 68.3 cm³/mol. The van der Waals surface area contributed by atoms with Crippen molar-refractivity contribution in [2.24, 2.45) is 0 Å². The summed E-state index contributed by atoms with van der Waals surface area (Å²) in [5, 5.41) is 2.59. The summed E-state index contributed by atoms with van der Waals surface area (Å²) >= 11 is 3.23. The molecular weight excluding hydrogens is 288 g/mol. The van der Waals surface area contributed by atoms with Gasteiger partial charge >= 0.3 is 6.09 Å². The van der Waals surface area contributed by atoms with Crippen LogP contribution in [0.5, 0.6) is 5.88 Å². The maximum atomic E-state index is 11.5. The fraction of sp³-hybridized carbons (Fsp3) is 0.455. The standard InChI is InChI=1S/C11H15BrN2O3/c1-11(2,3)17-10(15)13-7-5-6-8(16-4)14-9(7)12/h5-6H,1-4H3,(H,13,15). The molecule has 1 amide bonds. The molecule has 1 rings (SSSR count). The van der Waals surface area contributed by atoms with E-state index in [-0.39, 0.29) is 0 Å². The van der Waals surface area contributed by atoms with Crippen LogP contribution in [-0.4, -0.2) is 23.8 Å². The summed E-state index contributed by atoms with van der Waals surface area (Å²) in [6.07, 6.45) is -0.523. The second-order valence-electron chi connectivity index (χ2n) is 4.32. The van der Waals surface area contributed by atoms with Crippen LogP contribution in [-0.2, 0) is 4.74 Å². The van der Waals surface area contributed by atoms with Gasteiger partial charge in [0.1, 0.15) is 10.2 Å². The van der Waals surface area contributed by atoms with Crippen molar-refractivity contribution in [3.05, 3.63) is 16.7 Å². The third kappa shape index (κ3) is 4.60. The summed E-state index contributed by atoms with van der Waals surface area (Å²) in [6.45, 7) is 5.40. The first kappa shape index (κ1) is 13.8. The van der Waals surface area contributed by atoms with E-state index in [1.807, 2.05) is 0 Å². The van der Waals surface area contributed by atoms with E-state index < -0.39 is 11.7 Å². The lowest BCUT2D eigenvalue weighted by molar-refractivity contribution is 0.0635. The number of anilines is 1. The Labute approximate surface area is 109 Å². The monoisotopic (exact) mass is 302 g/mol. The van der Waals surface area contributed by atoms with Crippen molar-refractivity contribution in [3.8, 4) is 5.88 Å². The highest BCUT2D eigenvalue weighted by Crippen LogP contribution is 2.23. The van der Waals surface area contributed by atoms with Gasteiger partial charge in [-0.2, -0.15) is 0 Å². The number of nitrogens with zero attached hydrogens (tertiary/aromatic N) is 1. The van der Waals surface area contributed by atoms with Crippen molar-refractivity contribution in [2.75, 3.05) is 12.4 Å². The number of aromatic nitrogens is 1. The minimum absolute atomic E-state index is 0.464. The molecule has 6 heteroatoms. The Bertz CT molecular complexity index is 416. The summed E-state index contributed by atoms with van der Waals surface area (Å²) in [7, 11) is 1.52. The topological polar surface area (TPSA) is 60.5 Å². The Kier molecular flexibility index (Phi) is 4.34. The maximum Gasteiger partial charge on any atom is 0.412 e. The molecule has 94 valence electrons. The van der Waals surface area contributed by atoms with Gasteiger partial charge in [-0.1, -0.05) is 0 Å². The van der Waals surface area contributed by atoms with Crippen LogP contribution in [0.25, 0.3) is 0 Å². The number of carbonyl (C=O) groups is 1. The van der Waals surface area contributed by atoms with E-state index in [0.29, 0.717) is 16.2 Å². The SMILES string of the molecule is COc1ccc(NC(=O)OC(C)(C)C)c(Br)n1. The van der Waals surface area contributed by atoms with Crippen LogP contribution in [0.3, 0.4) is 0 Å². The van der Waals surface area contributed by atoms with Crippen LogP contribution in [0.1, 0.15) is 20.8 Å². The molecule has 0 atom stereocenters. The molecule has 0 fully saturated rings. The Balaban J connectivity index is 2.72. The average molecular weight is 303 g/mol. The molecule has 1 aromatic rings. The largest absolute Gasteiger partial charge is 0.481 e. The highest BCUT2D eigenvalue weighted by Gasteiger charge is 2.17. The minimum Gasteiger partial charge on any atom is -0.481 e. The molecule has 0 unspecified atom stereocenters. The second-order valence-corrected chi connectivity index (χ2v) is 5.07. The van der Waals surface area contributed by atoms with E-state index in [4.69, 9.17) is 9.47 Å². The fourth-order valence-corrected chi connectivity index (χ4v) is 1.44. The van der Waals surface area contributed by atoms with Gasteiger partial charge in [0.25, 0.3) is 0 Å². The van der Waals surface area contributed by atoms with Crippen molar-refractivity contribution >= 4 is 27.7 Å². The van der Waals surface area contributed by atoms with E-state index in [0.717, 1.165) is 0 Å². The van der Waals surface area contributed by atoms with Crippen molar-refractivity contribution in [2.45, 2.75) is 26.4 Å². The van der Waals surface area contributed by atoms with Crippen LogP contribution in [0, 0.1) is 0 Å². The number of hydrogen-bond donors (Lipinski definition) is 1. The van der Waals surface area contributed by atoms with Gasteiger partial charge in [0.2, 0.25) is 5.88 Å². The minimum atomic E-state index is -0.531. The molecule has 1 aromatic heterocycles. The Morgan fingerprint density at radius 2 is 2.06 bits per heavy atom. The quantitative estimate of drug-likeness (QED) is 0.852. The smallest absolute Gasteiger partial charge is 0.412 e. The first-order chi connectivity index (χ1) is 7.81. The Hall–Kier alpha value is -1.30. The molecule has 0 radical (unpaired) electrons. The zero-order valence-corrected chi connectivity index (χ0v) is 11.8. The summed E-state index contributed by atoms with van der Waals surface area (Å²) in [6, 6.07) is 3.33. The lowest BCUT2D eigenvalue weighted by Gasteiger charge is -2.19. The fourth-order valence-electron chi connectivity index (χ4n) is 1.04. The third-order valence-corrected chi connectivity index (χ3v) is 2.27. The van der Waals surface area contributed by atoms with Gasteiger partial charge in [-0.15, -0.1) is 0 Å². The van der Waals surface area contributed by atoms with Gasteiger partial charge in [0.05, 0.1) is 12.8 Å². The molecule has 1 N–H and O–H groups in total. The molecule has 17 heavy (non-hydrogen) atoms. The van der Waals surface area contributed by atoms with Crippen LogP contribution >= 0.6 is 15.9 Å². The van der Waals surface area contributed by atoms with Gasteiger partial charge in [-0.3, -0.25) is 5.32 Å². The maximum absolute atomic E-state index is 11.5. The predicted octanol–water partition coefficient (Wildman–Crippen LogP) is 3.20. The Morgan fingerprint density at radius 3 is 2.53 bits per heavy atom. The lowest BCUT2D eigenvalue weighted by atomic mass is 10.2. The molecule has 0 saturated heterocycles. The van der Waals surface area contributed by atoms with Crippen LogP contribution in [0.2, 0.25) is 0 Å². The zero-order valence-electron chi connectivity index (χ0n) is 10.2. The highest BCUT2D eigenvalue weighted by molar-refractivity contribution is 9.10. The molecule has 0 aliphatic heterocycles. The van der Waals surface area contributed by atoms with Gasteiger partial charge in [0, 0.05) is 6.07 Å². The van der Waals surface area contributed by atoms with Crippen LogP contribution in [0.15, 0.2) is 16.7 Å². The number of amides is 1. The molecule has 5 nitrogen and oxygen atoms in total. The van der Waals surface area contributed by atoms with Crippen LogP contribution < -0.4 is 10.1 Å². The first-order valence-electron chi connectivity index (χ1n) is 5.02. The molecule has 0 spiro atoms. The lowest BCUT2D eigenvalue weighted by Crippen LogP contribution is -2.27. The summed E-state index contributed by atoms with van der Waals surface area (Å²) in [5.41, 5.74) is -0.00347. The van der Waals surface area contributed by atoms with E-state index in [1.54, 1.807) is 32.9 Å². The normalized spacial score (nSPS) is 10.9. The van der Waals surface area contributed by atoms with E-state index in [9.17, 15) is 4.79 Å². The zero-order chi connectivity index (χ0) is 13.1. The molecule has 0 aliphatic rings. The number of nitrogens with one attached hydrogen (secondary N) is 1. The number of rotatable bonds is 2. The number of halogens is 1. The van der Waals surface area contributed by atoms with Crippen molar-refractivity contribution < 1.29 is 14.3 Å². The average Bonchev–Trinajstić information content (AvgIpc) is 2.18. The number of pyridine rings is 1. The number of carbonyl (C=O) groups excluding carboxylic acids is 1. The third-order valence-electron chi connectivity index (χ3n) is 1.67. The summed E-state index contributed by atoms with van der Waals surface area (Å²) < 4.78 is 10.6. The van der Waals surface area contributed by atoms with Crippen LogP contribution in [0.4, 0.5) is 10.5 Å². The van der Waals surface area contributed by atoms with Gasteiger partial charge in [-0.05, 0) is 42.8 Å². The second kappa shape index (κ2) is 5.35. The number of methoxy groups -OCH3 is 1. The van der Waals surface area contributed by atoms with Crippen molar-refractivity contribution in [3.63, 3.8) is 0 Å². The highest BCUT2D eigenvalue weighted by atomic mass is 79.9. The molecule has 1 heterocycles. The van der Waals surface area contributed by atoms with Crippen molar-refractivity contribution in [1.82, 2.24) is 4.98 Å². The van der Waals surface area contributed by atoms with Crippen molar-refractivity contribution in [1.29, 1.82) is 0 Å². The van der Waals surface area contributed by atoms with E-state index >= 15 is 0 Å². The van der Waals surface area contributed by atoms with E-state index in [2.05, 4.69) is 26.2 Å². The molecule has 0 aromatic carbocycles. The molecular formula is C11H15BrN2O3. The Morgan fingerprint density at radius 1 is 1.41 bits per heavy atom.